The van der Waals surface area contributed by atoms with Gasteiger partial charge in [-0.15, -0.1) is 0 Å². The Morgan fingerprint density at radius 3 is 2.35 bits per heavy atom. The maximum atomic E-state index is 6.36. The number of halogens is 2. The maximum absolute atomic E-state index is 6.36. The van der Waals surface area contributed by atoms with E-state index in [1.807, 2.05) is 44.3 Å². The molecular formula is C16H17Cl2NO. The third kappa shape index (κ3) is 3.09. The van der Waals surface area contributed by atoms with Gasteiger partial charge in [-0.25, -0.2) is 0 Å². The summed E-state index contributed by atoms with van der Waals surface area (Å²) in [5, 5.41) is 4.74. The summed E-state index contributed by atoms with van der Waals surface area (Å²) >= 11 is 12.4. The van der Waals surface area contributed by atoms with Crippen molar-refractivity contribution >= 4 is 23.2 Å². The van der Waals surface area contributed by atoms with Crippen LogP contribution in [-0.4, -0.2) is 14.2 Å². The van der Waals surface area contributed by atoms with Gasteiger partial charge in [-0.2, -0.15) is 0 Å². The second-order valence-corrected chi connectivity index (χ2v) is 5.43. The highest BCUT2D eigenvalue weighted by Gasteiger charge is 2.16. The molecule has 2 nitrogen and oxygen atoms in total. The number of nitrogens with one attached hydrogen (secondary N) is 1. The van der Waals surface area contributed by atoms with Gasteiger partial charge >= 0.3 is 0 Å². The lowest BCUT2D eigenvalue weighted by atomic mass is 9.97. The first-order chi connectivity index (χ1) is 9.56. The van der Waals surface area contributed by atoms with Crippen LogP contribution in [0, 0.1) is 6.92 Å². The van der Waals surface area contributed by atoms with Crippen LogP contribution in [0.25, 0.3) is 0 Å². The summed E-state index contributed by atoms with van der Waals surface area (Å²) < 4.78 is 5.18. The van der Waals surface area contributed by atoms with Crippen molar-refractivity contribution in [1.29, 1.82) is 0 Å². The van der Waals surface area contributed by atoms with Crippen LogP contribution in [-0.2, 0) is 0 Å². The molecule has 0 saturated heterocycles. The van der Waals surface area contributed by atoms with E-state index in [2.05, 4.69) is 11.4 Å². The van der Waals surface area contributed by atoms with Crippen LogP contribution in [0.15, 0.2) is 36.4 Å². The summed E-state index contributed by atoms with van der Waals surface area (Å²) in [5.74, 6) is 0.751. The van der Waals surface area contributed by atoms with Crippen LogP contribution < -0.4 is 10.1 Å². The van der Waals surface area contributed by atoms with Gasteiger partial charge in [0.1, 0.15) is 5.75 Å². The summed E-state index contributed by atoms with van der Waals surface area (Å²) in [6, 6.07) is 11.7. The fourth-order valence-electron chi connectivity index (χ4n) is 2.22. The second-order valence-electron chi connectivity index (χ2n) is 4.62. The minimum absolute atomic E-state index is 0.0179. The molecule has 0 saturated carbocycles. The quantitative estimate of drug-likeness (QED) is 0.890. The zero-order valence-electron chi connectivity index (χ0n) is 11.7. The lowest BCUT2D eigenvalue weighted by Crippen LogP contribution is -2.18. The van der Waals surface area contributed by atoms with Crippen molar-refractivity contribution in [2.75, 3.05) is 14.2 Å². The average Bonchev–Trinajstić information content (AvgIpc) is 2.45. The molecule has 20 heavy (non-hydrogen) atoms. The molecule has 0 fully saturated rings. The van der Waals surface area contributed by atoms with Crippen molar-refractivity contribution in [3.05, 3.63) is 63.1 Å². The van der Waals surface area contributed by atoms with Gasteiger partial charge in [0, 0.05) is 10.0 Å². The molecule has 0 heterocycles. The average molecular weight is 310 g/mol. The highest BCUT2D eigenvalue weighted by molar-refractivity contribution is 6.31. The molecule has 4 heteroatoms. The smallest absolute Gasteiger partial charge is 0.120 e. The van der Waals surface area contributed by atoms with Crippen LogP contribution in [0.3, 0.4) is 0 Å². The van der Waals surface area contributed by atoms with E-state index in [9.17, 15) is 0 Å². The number of rotatable bonds is 4. The minimum Gasteiger partial charge on any atom is -0.497 e. The van der Waals surface area contributed by atoms with Gasteiger partial charge < -0.3 is 10.1 Å². The van der Waals surface area contributed by atoms with Gasteiger partial charge in [0.25, 0.3) is 0 Å². The van der Waals surface area contributed by atoms with E-state index in [-0.39, 0.29) is 6.04 Å². The summed E-state index contributed by atoms with van der Waals surface area (Å²) in [6.07, 6.45) is 0. The summed E-state index contributed by atoms with van der Waals surface area (Å²) in [5.41, 5.74) is 3.19. The van der Waals surface area contributed by atoms with Crippen molar-refractivity contribution in [2.45, 2.75) is 13.0 Å². The Labute approximate surface area is 129 Å². The van der Waals surface area contributed by atoms with Gasteiger partial charge in [0.15, 0.2) is 0 Å². The van der Waals surface area contributed by atoms with Crippen molar-refractivity contribution < 1.29 is 4.74 Å². The predicted molar refractivity (Wildman–Crippen MR) is 85.1 cm³/mol. The van der Waals surface area contributed by atoms with Gasteiger partial charge in [-0.05, 0) is 48.9 Å². The maximum Gasteiger partial charge on any atom is 0.120 e. The largest absolute Gasteiger partial charge is 0.497 e. The van der Waals surface area contributed by atoms with Crippen molar-refractivity contribution in [1.82, 2.24) is 5.32 Å². The van der Waals surface area contributed by atoms with Crippen LogP contribution in [0.5, 0.6) is 5.75 Å². The van der Waals surface area contributed by atoms with Gasteiger partial charge in [0.05, 0.1) is 13.2 Å². The minimum atomic E-state index is 0.0179. The summed E-state index contributed by atoms with van der Waals surface area (Å²) in [4.78, 5) is 0. The molecule has 106 valence electrons. The Balaban J connectivity index is 2.43. The fraction of sp³-hybridized carbons (Fsp3) is 0.250. The van der Waals surface area contributed by atoms with Gasteiger partial charge in [0.2, 0.25) is 0 Å². The van der Waals surface area contributed by atoms with Crippen LogP contribution in [0.4, 0.5) is 0 Å². The highest BCUT2D eigenvalue weighted by Crippen LogP contribution is 2.32. The molecule has 2 aromatic carbocycles. The molecular weight excluding hydrogens is 293 g/mol. The molecule has 0 spiro atoms. The Morgan fingerprint density at radius 2 is 1.80 bits per heavy atom. The lowest BCUT2D eigenvalue weighted by molar-refractivity contribution is 0.414. The monoisotopic (exact) mass is 309 g/mol. The Bertz CT molecular complexity index is 613. The first-order valence-corrected chi connectivity index (χ1v) is 7.09. The van der Waals surface area contributed by atoms with Crippen LogP contribution in [0.2, 0.25) is 10.0 Å². The van der Waals surface area contributed by atoms with E-state index in [4.69, 9.17) is 27.9 Å². The Kier molecular flexibility index (Phi) is 4.92. The standard InChI is InChI=1S/C16H17Cl2NO/c1-10-8-11(4-7-14(10)17)16(19-2)13-6-5-12(20-3)9-15(13)18/h4-9,16,19H,1-3H3. The fourth-order valence-corrected chi connectivity index (χ4v) is 2.62. The van der Waals surface area contributed by atoms with Gasteiger partial charge in [-0.1, -0.05) is 41.4 Å². The van der Waals surface area contributed by atoms with E-state index in [0.717, 1.165) is 27.5 Å². The number of methoxy groups -OCH3 is 1. The van der Waals surface area contributed by atoms with Crippen molar-refractivity contribution in [3.63, 3.8) is 0 Å². The lowest BCUT2D eigenvalue weighted by Gasteiger charge is -2.20. The first-order valence-electron chi connectivity index (χ1n) is 6.33. The zero-order chi connectivity index (χ0) is 14.7. The third-order valence-electron chi connectivity index (χ3n) is 3.32. The van der Waals surface area contributed by atoms with Crippen LogP contribution >= 0.6 is 23.2 Å². The molecule has 0 amide bonds. The molecule has 0 bridgehead atoms. The van der Waals surface area contributed by atoms with E-state index < -0.39 is 0 Å². The number of benzene rings is 2. The molecule has 0 aliphatic heterocycles. The zero-order valence-corrected chi connectivity index (χ0v) is 13.2. The normalized spacial score (nSPS) is 12.2. The summed E-state index contributed by atoms with van der Waals surface area (Å²) in [7, 11) is 3.54. The predicted octanol–water partition coefficient (Wildman–Crippen LogP) is 4.62. The number of hydrogen-bond acceptors (Lipinski definition) is 2. The number of ether oxygens (including phenoxy) is 1. The molecule has 2 aromatic rings. The Hall–Kier alpha value is -1.22. The van der Waals surface area contributed by atoms with Gasteiger partial charge in [-0.3, -0.25) is 0 Å². The van der Waals surface area contributed by atoms with Crippen LogP contribution in [0.1, 0.15) is 22.7 Å². The van der Waals surface area contributed by atoms with Crippen molar-refractivity contribution in [3.8, 4) is 5.75 Å². The molecule has 1 unspecified atom stereocenters. The highest BCUT2D eigenvalue weighted by atomic mass is 35.5. The van der Waals surface area contributed by atoms with E-state index in [0.29, 0.717) is 5.02 Å². The SMILES string of the molecule is CNC(c1ccc(Cl)c(C)c1)c1ccc(OC)cc1Cl. The van der Waals surface area contributed by atoms with E-state index >= 15 is 0 Å². The molecule has 0 radical (unpaired) electrons. The second kappa shape index (κ2) is 6.49. The molecule has 0 aliphatic carbocycles. The van der Waals surface area contributed by atoms with Crippen molar-refractivity contribution in [2.24, 2.45) is 0 Å². The van der Waals surface area contributed by atoms with E-state index in [1.54, 1.807) is 7.11 Å². The number of hydrogen-bond donors (Lipinski definition) is 1. The molecule has 0 aromatic heterocycles. The third-order valence-corrected chi connectivity index (χ3v) is 4.07. The molecule has 1 N–H and O–H groups in total. The molecule has 2 rings (SSSR count). The molecule has 0 aliphatic rings. The summed E-state index contributed by atoms with van der Waals surface area (Å²) in [6.45, 7) is 1.99. The van der Waals surface area contributed by atoms with E-state index in [1.165, 1.54) is 0 Å². The Morgan fingerprint density at radius 1 is 1.05 bits per heavy atom. The molecule has 1 atom stereocenters. The topological polar surface area (TPSA) is 21.3 Å². The number of aryl methyl sites for hydroxylation is 1. The first kappa shape index (κ1) is 15.2.